The van der Waals surface area contributed by atoms with Gasteiger partial charge in [-0.05, 0) is 141 Å². The smallest absolute Gasteiger partial charge is 0.444 e. The van der Waals surface area contributed by atoms with E-state index < -0.39 is 46.0 Å². The summed E-state index contributed by atoms with van der Waals surface area (Å²) in [7, 11) is 0. The summed E-state index contributed by atoms with van der Waals surface area (Å²) in [5.41, 5.74) is 3.62. The molecule has 0 aromatic heterocycles. The van der Waals surface area contributed by atoms with E-state index in [4.69, 9.17) is 53.4 Å². The SMILES string of the molecule is CC(C)(C)OC(=O)NC[C@@]1(c2cc(Cl)ccc2F)C[C@H]1CO.CC(C)(C)OC(=O)OC(=O)OC(C)(C)C.CCO.NC[C@@]1(c2cc(Cl)ccc2F)C[C@H]1CO. The minimum absolute atomic E-state index is 0.0448. The lowest BCUT2D eigenvalue weighted by atomic mass is 9.92. The summed E-state index contributed by atoms with van der Waals surface area (Å²) in [6, 6.07) is 8.82. The first-order chi connectivity index (χ1) is 25.2. The molecule has 312 valence electrons. The fourth-order valence-electron chi connectivity index (χ4n) is 5.48. The van der Waals surface area contributed by atoms with Crippen LogP contribution in [0.1, 0.15) is 93.2 Å². The normalized spacial score (nSPS) is 21.1. The van der Waals surface area contributed by atoms with Crippen molar-refractivity contribution >= 4 is 41.6 Å². The van der Waals surface area contributed by atoms with Crippen molar-refractivity contribution in [1.82, 2.24) is 5.32 Å². The second-order valence-corrected chi connectivity index (χ2v) is 17.0. The van der Waals surface area contributed by atoms with Gasteiger partial charge in [-0.2, -0.15) is 0 Å². The Kier molecular flexibility index (Phi) is 18.8. The molecule has 4 rings (SSSR count). The van der Waals surface area contributed by atoms with Crippen molar-refractivity contribution in [1.29, 1.82) is 0 Å². The molecule has 55 heavy (non-hydrogen) atoms. The van der Waals surface area contributed by atoms with Crippen LogP contribution in [0.15, 0.2) is 36.4 Å². The molecule has 2 aliphatic carbocycles. The highest BCUT2D eigenvalue weighted by atomic mass is 35.5. The molecule has 2 aliphatic rings. The number of hydrogen-bond acceptors (Lipinski definition) is 11. The predicted octanol–water partition coefficient (Wildman–Crippen LogP) is 7.81. The Morgan fingerprint density at radius 1 is 0.745 bits per heavy atom. The van der Waals surface area contributed by atoms with Crippen LogP contribution in [0.25, 0.3) is 0 Å². The van der Waals surface area contributed by atoms with Gasteiger partial charge in [-0.1, -0.05) is 23.2 Å². The Bertz CT molecular complexity index is 1550. The number of carbonyl (C=O) groups is 3. The zero-order valence-corrected chi connectivity index (χ0v) is 34.9. The van der Waals surface area contributed by atoms with Gasteiger partial charge in [0.05, 0.1) is 0 Å². The molecule has 2 fully saturated rings. The van der Waals surface area contributed by atoms with E-state index in [1.165, 1.54) is 24.3 Å². The summed E-state index contributed by atoms with van der Waals surface area (Å²) in [6.45, 7) is 17.8. The number of alkyl carbamates (subject to hydrolysis) is 1. The first kappa shape index (κ1) is 49.7. The van der Waals surface area contributed by atoms with Gasteiger partial charge in [0.2, 0.25) is 0 Å². The summed E-state index contributed by atoms with van der Waals surface area (Å²) < 4.78 is 46.7. The Labute approximate surface area is 332 Å². The topological polar surface area (TPSA) is 187 Å². The van der Waals surface area contributed by atoms with E-state index in [0.717, 1.165) is 6.42 Å². The van der Waals surface area contributed by atoms with Crippen molar-refractivity contribution in [3.63, 3.8) is 0 Å². The number of benzene rings is 2. The van der Waals surface area contributed by atoms with Gasteiger partial charge in [-0.3, -0.25) is 0 Å². The lowest BCUT2D eigenvalue weighted by Crippen LogP contribution is -2.38. The van der Waals surface area contributed by atoms with E-state index >= 15 is 0 Å². The number of carbonyl (C=O) groups excluding carboxylic acids is 3. The zero-order valence-electron chi connectivity index (χ0n) is 33.4. The lowest BCUT2D eigenvalue weighted by molar-refractivity contribution is -0.0294. The third kappa shape index (κ3) is 16.8. The summed E-state index contributed by atoms with van der Waals surface area (Å²) in [5, 5.41) is 29.7. The molecule has 0 saturated heterocycles. The van der Waals surface area contributed by atoms with Crippen LogP contribution in [0.5, 0.6) is 0 Å². The van der Waals surface area contributed by atoms with Crippen LogP contribution in [0.2, 0.25) is 10.0 Å². The number of halogens is 4. The predicted molar refractivity (Wildman–Crippen MR) is 206 cm³/mol. The molecular formula is C39H58Cl2F2N2O10. The summed E-state index contributed by atoms with van der Waals surface area (Å²) in [6.07, 6.45) is -1.35. The van der Waals surface area contributed by atoms with Crippen LogP contribution in [-0.4, -0.2) is 83.4 Å². The van der Waals surface area contributed by atoms with Crippen molar-refractivity contribution in [2.75, 3.05) is 32.9 Å². The monoisotopic (exact) mass is 822 g/mol. The van der Waals surface area contributed by atoms with E-state index in [2.05, 4.69) is 10.1 Å². The van der Waals surface area contributed by atoms with E-state index in [1.807, 2.05) is 0 Å². The molecule has 1 amide bonds. The van der Waals surface area contributed by atoms with Crippen LogP contribution < -0.4 is 11.1 Å². The Morgan fingerprint density at radius 2 is 1.11 bits per heavy atom. The van der Waals surface area contributed by atoms with E-state index in [-0.39, 0.29) is 49.8 Å². The molecule has 0 radical (unpaired) electrons. The molecule has 2 saturated carbocycles. The Morgan fingerprint density at radius 3 is 1.44 bits per heavy atom. The minimum atomic E-state index is -1.06. The van der Waals surface area contributed by atoms with E-state index in [1.54, 1.807) is 81.4 Å². The van der Waals surface area contributed by atoms with Crippen molar-refractivity contribution in [3.05, 3.63) is 69.2 Å². The van der Waals surface area contributed by atoms with Crippen LogP contribution in [0, 0.1) is 23.5 Å². The fraction of sp³-hybridized carbons (Fsp3) is 0.615. The molecule has 4 atom stereocenters. The number of ether oxygens (including phenoxy) is 4. The maximum absolute atomic E-state index is 14.1. The molecule has 0 spiro atoms. The second kappa shape index (κ2) is 20.8. The number of nitrogens with one attached hydrogen (secondary N) is 1. The quantitative estimate of drug-likeness (QED) is 0.104. The van der Waals surface area contributed by atoms with Crippen LogP contribution in [-0.2, 0) is 29.8 Å². The molecule has 2 aromatic rings. The van der Waals surface area contributed by atoms with Crippen LogP contribution in [0.3, 0.4) is 0 Å². The van der Waals surface area contributed by atoms with Gasteiger partial charge in [0, 0.05) is 53.8 Å². The van der Waals surface area contributed by atoms with Crippen LogP contribution in [0.4, 0.5) is 23.2 Å². The van der Waals surface area contributed by atoms with Gasteiger partial charge >= 0.3 is 18.4 Å². The molecular weight excluding hydrogens is 765 g/mol. The highest BCUT2D eigenvalue weighted by molar-refractivity contribution is 6.31. The van der Waals surface area contributed by atoms with E-state index in [0.29, 0.717) is 34.1 Å². The molecule has 12 nitrogen and oxygen atoms in total. The van der Waals surface area contributed by atoms with Gasteiger partial charge in [0.1, 0.15) is 28.4 Å². The van der Waals surface area contributed by atoms with Crippen molar-refractivity contribution in [2.45, 2.75) is 110 Å². The molecule has 0 unspecified atom stereocenters. The summed E-state index contributed by atoms with van der Waals surface area (Å²) in [5.74, 6) is -0.710. The zero-order chi connectivity index (χ0) is 42.6. The van der Waals surface area contributed by atoms with Gasteiger partial charge in [-0.15, -0.1) is 0 Å². The number of rotatable bonds is 7. The molecule has 2 aromatic carbocycles. The third-order valence-corrected chi connectivity index (χ3v) is 8.56. The van der Waals surface area contributed by atoms with Crippen molar-refractivity contribution in [3.8, 4) is 0 Å². The maximum atomic E-state index is 14.1. The summed E-state index contributed by atoms with van der Waals surface area (Å²) in [4.78, 5) is 33.8. The van der Waals surface area contributed by atoms with E-state index in [9.17, 15) is 28.3 Å². The first-order valence-corrected chi connectivity index (χ1v) is 18.5. The van der Waals surface area contributed by atoms with Crippen molar-refractivity contribution < 1.29 is 57.4 Å². The standard InChI is InChI=1S/C16H21ClFNO3.C11H13ClFNO.C10H18O5.C2H6O/c1-15(2,3)22-14(21)19-9-16(7-10(16)8-20)12-6-11(17)4-5-13(12)18;12-8-1-2-10(13)9(3-8)11(6-14)4-7(11)5-15;1-9(2,3)14-7(11)13-8(12)15-10(4,5)6;1-2-3/h4-6,10,20H,7-9H2,1-3H3,(H,19,21);1-3,7,15H,4-6,14H2;1-6H3;3H,2H2,1H3/t10-,16-;7-,11-;;/m00../s1. The fourth-order valence-corrected chi connectivity index (χ4v) is 5.83. The number of amides is 1. The molecule has 0 aliphatic heterocycles. The molecule has 0 bridgehead atoms. The largest absolute Gasteiger partial charge is 0.519 e. The number of aliphatic hydroxyl groups excluding tert-OH is 3. The van der Waals surface area contributed by atoms with Crippen molar-refractivity contribution in [2.24, 2.45) is 17.6 Å². The van der Waals surface area contributed by atoms with Crippen LogP contribution >= 0.6 is 23.2 Å². The van der Waals surface area contributed by atoms with Gasteiger partial charge in [-0.25, -0.2) is 23.2 Å². The minimum Gasteiger partial charge on any atom is -0.444 e. The average Bonchev–Trinajstić information content (AvgIpc) is 3.94. The number of hydrogen-bond donors (Lipinski definition) is 5. The van der Waals surface area contributed by atoms with Gasteiger partial charge in [0.25, 0.3) is 0 Å². The molecule has 6 N–H and O–H groups in total. The first-order valence-electron chi connectivity index (χ1n) is 17.8. The van der Waals surface area contributed by atoms with Gasteiger partial charge in [0.15, 0.2) is 0 Å². The molecule has 16 heteroatoms. The third-order valence-electron chi connectivity index (χ3n) is 8.09. The Balaban J connectivity index is 0.000000408. The number of aliphatic hydroxyl groups is 3. The second-order valence-electron chi connectivity index (χ2n) is 16.1. The molecule has 0 heterocycles. The Hall–Kier alpha value is -3.27. The highest BCUT2D eigenvalue weighted by Gasteiger charge is 2.56. The summed E-state index contributed by atoms with van der Waals surface area (Å²) >= 11 is 11.8. The maximum Gasteiger partial charge on any atom is 0.519 e. The average molecular weight is 824 g/mol. The van der Waals surface area contributed by atoms with Gasteiger partial charge < -0.3 is 45.3 Å². The highest BCUT2D eigenvalue weighted by Crippen LogP contribution is 2.55. The lowest BCUT2D eigenvalue weighted by Gasteiger charge is -2.23. The number of nitrogens with two attached hydrogens (primary N) is 1.